The maximum absolute atomic E-state index is 9.75. The van der Waals surface area contributed by atoms with Gasteiger partial charge in [0.1, 0.15) is 0 Å². The van der Waals surface area contributed by atoms with Crippen molar-refractivity contribution in [2.24, 2.45) is 0 Å². The lowest BCUT2D eigenvalue weighted by Gasteiger charge is -2.27. The molecule has 4 N–H and O–H groups in total. The van der Waals surface area contributed by atoms with Crippen LogP contribution in [0, 0.1) is 0 Å². The van der Waals surface area contributed by atoms with E-state index in [4.69, 9.17) is 0 Å². The molecule has 0 aliphatic carbocycles. The van der Waals surface area contributed by atoms with Crippen LogP contribution in [0.15, 0.2) is 0 Å². The van der Waals surface area contributed by atoms with E-state index in [0.717, 1.165) is 0 Å². The highest BCUT2D eigenvalue weighted by Crippen LogP contribution is 2.27. The van der Waals surface area contributed by atoms with Crippen LogP contribution in [-0.4, -0.2) is 68.9 Å². The molecule has 0 saturated carbocycles. The van der Waals surface area contributed by atoms with Gasteiger partial charge in [0.25, 0.3) is 0 Å². The number of aliphatic hydroxyl groups excluding tert-OH is 4. The molecule has 5 heteroatoms. The van der Waals surface area contributed by atoms with Crippen LogP contribution in [0.1, 0.15) is 12.8 Å². The van der Waals surface area contributed by atoms with Crippen molar-refractivity contribution < 1.29 is 20.4 Å². The van der Waals surface area contributed by atoms with Crippen molar-refractivity contribution in [3.05, 3.63) is 0 Å². The molecule has 2 aliphatic rings. The van der Waals surface area contributed by atoms with Crippen LogP contribution >= 0.6 is 0 Å². The second-order valence-electron chi connectivity index (χ2n) is 4.28. The monoisotopic (exact) mass is 203 g/mol. The van der Waals surface area contributed by atoms with Crippen molar-refractivity contribution in [2.75, 3.05) is 13.1 Å². The Kier molecular flexibility index (Phi) is 2.77. The molecule has 5 atom stereocenters. The Balaban J connectivity index is 2.14. The Morgan fingerprint density at radius 3 is 2.29 bits per heavy atom. The maximum atomic E-state index is 9.75. The molecule has 14 heavy (non-hydrogen) atoms. The quantitative estimate of drug-likeness (QED) is 0.363. The Labute approximate surface area is 82.6 Å². The first kappa shape index (κ1) is 10.3. The number of hydrogen-bond acceptors (Lipinski definition) is 5. The second kappa shape index (κ2) is 3.75. The van der Waals surface area contributed by atoms with Gasteiger partial charge in [0.2, 0.25) is 0 Å². The molecule has 5 nitrogen and oxygen atoms in total. The number of nitrogens with zero attached hydrogens (tertiary/aromatic N) is 1. The Morgan fingerprint density at radius 1 is 0.857 bits per heavy atom. The predicted octanol–water partition coefficient (Wildman–Crippen LogP) is -2.09. The Hall–Kier alpha value is -0.200. The van der Waals surface area contributed by atoms with Crippen molar-refractivity contribution in [1.29, 1.82) is 0 Å². The van der Waals surface area contributed by atoms with Crippen LogP contribution in [-0.2, 0) is 0 Å². The van der Waals surface area contributed by atoms with E-state index >= 15 is 0 Å². The lowest BCUT2D eigenvalue weighted by Crippen LogP contribution is -2.44. The fraction of sp³-hybridized carbons (Fsp3) is 1.00. The molecular weight excluding hydrogens is 186 g/mol. The largest absolute Gasteiger partial charge is 0.391 e. The molecule has 0 unspecified atom stereocenters. The molecule has 0 aromatic rings. The highest BCUT2D eigenvalue weighted by atomic mass is 16.3. The highest BCUT2D eigenvalue weighted by molar-refractivity contribution is 4.97. The lowest BCUT2D eigenvalue weighted by atomic mass is 10.0. The van der Waals surface area contributed by atoms with Gasteiger partial charge in [0, 0.05) is 19.5 Å². The molecule has 2 fully saturated rings. The van der Waals surface area contributed by atoms with Gasteiger partial charge in [-0.3, -0.25) is 4.90 Å². The van der Waals surface area contributed by atoms with E-state index in [1.807, 2.05) is 4.90 Å². The summed E-state index contributed by atoms with van der Waals surface area (Å²) in [5.41, 5.74) is 0. The van der Waals surface area contributed by atoms with Crippen LogP contribution < -0.4 is 0 Å². The number of fused-ring (bicyclic) bond motifs is 1. The molecule has 0 radical (unpaired) electrons. The zero-order valence-corrected chi connectivity index (χ0v) is 7.95. The molecule has 0 amide bonds. The van der Waals surface area contributed by atoms with E-state index in [1.165, 1.54) is 0 Å². The molecule has 0 aromatic carbocycles. The van der Waals surface area contributed by atoms with E-state index in [1.54, 1.807) is 0 Å². The maximum Gasteiger partial charge on any atom is 0.0926 e. The lowest BCUT2D eigenvalue weighted by molar-refractivity contribution is -0.00476. The van der Waals surface area contributed by atoms with Gasteiger partial charge in [-0.15, -0.1) is 0 Å². The van der Waals surface area contributed by atoms with Crippen LogP contribution in [0.4, 0.5) is 0 Å². The predicted molar refractivity (Wildman–Crippen MR) is 48.6 cm³/mol. The normalized spacial score (nSPS) is 50.1. The van der Waals surface area contributed by atoms with Crippen LogP contribution in [0.5, 0.6) is 0 Å². The zero-order chi connectivity index (χ0) is 10.3. The summed E-state index contributed by atoms with van der Waals surface area (Å²) in [6, 6.07) is -0.318. The first-order chi connectivity index (χ1) is 6.59. The van der Waals surface area contributed by atoms with Gasteiger partial charge < -0.3 is 20.4 Å². The number of aliphatic hydroxyl groups is 4. The number of rotatable bonds is 0. The average molecular weight is 203 g/mol. The molecule has 2 heterocycles. The molecule has 0 aromatic heterocycles. The standard InChI is InChI=1S/C9H17NO4/c11-5-1-2-10-4-8(14)6(12)3-7(13)9(5)10/h5-9,11-14H,1-4H2/t5-,6-,7-,8-,9+/m0/s1. The first-order valence-electron chi connectivity index (χ1n) is 5.06. The van der Waals surface area contributed by atoms with Crippen LogP contribution in [0.25, 0.3) is 0 Å². The Bertz CT molecular complexity index is 213. The van der Waals surface area contributed by atoms with Crippen molar-refractivity contribution in [1.82, 2.24) is 4.90 Å². The molecule has 2 rings (SSSR count). The van der Waals surface area contributed by atoms with Crippen LogP contribution in [0.2, 0.25) is 0 Å². The minimum atomic E-state index is -0.886. The fourth-order valence-electron chi connectivity index (χ4n) is 2.48. The van der Waals surface area contributed by atoms with Crippen LogP contribution in [0.3, 0.4) is 0 Å². The molecule has 0 bridgehead atoms. The molecule has 2 aliphatic heterocycles. The second-order valence-corrected chi connectivity index (χ2v) is 4.28. The van der Waals surface area contributed by atoms with Gasteiger partial charge in [-0.05, 0) is 6.42 Å². The van der Waals surface area contributed by atoms with E-state index in [0.29, 0.717) is 19.5 Å². The average Bonchev–Trinajstić information content (AvgIpc) is 2.41. The third-order valence-corrected chi connectivity index (χ3v) is 3.27. The smallest absolute Gasteiger partial charge is 0.0926 e. The van der Waals surface area contributed by atoms with E-state index in [2.05, 4.69) is 0 Å². The summed E-state index contributed by atoms with van der Waals surface area (Å²) in [5, 5.41) is 38.3. The van der Waals surface area contributed by atoms with Crippen molar-refractivity contribution in [2.45, 2.75) is 43.3 Å². The summed E-state index contributed by atoms with van der Waals surface area (Å²) in [5.74, 6) is 0. The minimum absolute atomic E-state index is 0.138. The van der Waals surface area contributed by atoms with Gasteiger partial charge in [0.05, 0.1) is 30.5 Å². The molecule has 82 valence electrons. The third-order valence-electron chi connectivity index (χ3n) is 3.27. The minimum Gasteiger partial charge on any atom is -0.391 e. The van der Waals surface area contributed by atoms with Crippen molar-refractivity contribution >= 4 is 0 Å². The van der Waals surface area contributed by atoms with Gasteiger partial charge in [0.15, 0.2) is 0 Å². The summed E-state index contributed by atoms with van der Waals surface area (Å²) < 4.78 is 0. The van der Waals surface area contributed by atoms with Gasteiger partial charge in [-0.1, -0.05) is 0 Å². The third kappa shape index (κ3) is 1.66. The van der Waals surface area contributed by atoms with E-state index < -0.39 is 24.4 Å². The molecule has 2 saturated heterocycles. The molecule has 0 spiro atoms. The number of hydrogen-bond donors (Lipinski definition) is 4. The molecular formula is C9H17NO4. The van der Waals surface area contributed by atoms with Gasteiger partial charge in [-0.25, -0.2) is 0 Å². The van der Waals surface area contributed by atoms with Crippen molar-refractivity contribution in [3.63, 3.8) is 0 Å². The first-order valence-corrected chi connectivity index (χ1v) is 5.06. The van der Waals surface area contributed by atoms with Gasteiger partial charge in [-0.2, -0.15) is 0 Å². The van der Waals surface area contributed by atoms with Crippen molar-refractivity contribution in [3.8, 4) is 0 Å². The van der Waals surface area contributed by atoms with E-state index in [-0.39, 0.29) is 12.5 Å². The SMILES string of the molecule is O[C@H]1CCN2C[C@H](O)[C@@H](O)C[C@H](O)[C@@H]12. The fourth-order valence-corrected chi connectivity index (χ4v) is 2.48. The Morgan fingerprint density at radius 2 is 1.57 bits per heavy atom. The summed E-state index contributed by atoms with van der Waals surface area (Å²) in [6.45, 7) is 1.01. The van der Waals surface area contributed by atoms with E-state index in [9.17, 15) is 20.4 Å². The summed E-state index contributed by atoms with van der Waals surface area (Å²) in [6.07, 6.45) is -2.23. The zero-order valence-electron chi connectivity index (χ0n) is 7.95. The summed E-state index contributed by atoms with van der Waals surface area (Å²) in [4.78, 5) is 1.86. The van der Waals surface area contributed by atoms with Gasteiger partial charge >= 0.3 is 0 Å². The summed E-state index contributed by atoms with van der Waals surface area (Å²) >= 11 is 0. The topological polar surface area (TPSA) is 84.2 Å². The highest BCUT2D eigenvalue weighted by Gasteiger charge is 2.43. The summed E-state index contributed by atoms with van der Waals surface area (Å²) in [7, 11) is 0.